The third-order valence-corrected chi connectivity index (χ3v) is 3.34. The molecule has 0 aliphatic carbocycles. The van der Waals surface area contributed by atoms with Gasteiger partial charge in [-0.2, -0.15) is 11.8 Å². The maximum absolute atomic E-state index is 11.1. The molecule has 0 amide bonds. The van der Waals surface area contributed by atoms with Crippen LogP contribution in [0.1, 0.15) is 22.3 Å². The Labute approximate surface area is 116 Å². The maximum Gasteiger partial charge on any atom is 0.336 e. The third kappa shape index (κ3) is 4.92. The van der Waals surface area contributed by atoms with E-state index in [-0.39, 0.29) is 12.1 Å². The van der Waals surface area contributed by atoms with E-state index in [1.165, 1.54) is 6.07 Å². The van der Waals surface area contributed by atoms with E-state index in [4.69, 9.17) is 10.2 Å². The molecule has 0 fully saturated rings. The summed E-state index contributed by atoms with van der Waals surface area (Å²) in [4.78, 5) is 22.1. The van der Waals surface area contributed by atoms with Crippen molar-refractivity contribution in [1.82, 2.24) is 5.32 Å². The van der Waals surface area contributed by atoms with Crippen molar-refractivity contribution in [1.29, 1.82) is 0 Å². The number of thioether (sulfide) groups is 1. The van der Waals surface area contributed by atoms with Gasteiger partial charge in [0.25, 0.3) is 0 Å². The number of nitrogens with one attached hydrogen (secondary N) is 1. The topological polar surface area (TPSA) is 86.6 Å². The minimum atomic E-state index is -1.01. The summed E-state index contributed by atoms with van der Waals surface area (Å²) >= 11 is 1.58. The van der Waals surface area contributed by atoms with E-state index in [0.29, 0.717) is 12.0 Å². The molecule has 0 aliphatic rings. The van der Waals surface area contributed by atoms with Crippen molar-refractivity contribution in [3.05, 3.63) is 35.4 Å². The second kappa shape index (κ2) is 7.81. The normalized spacial score (nSPS) is 12.1. The van der Waals surface area contributed by atoms with Gasteiger partial charge in [0.1, 0.15) is 6.04 Å². The minimum Gasteiger partial charge on any atom is -0.480 e. The Morgan fingerprint density at radius 1 is 1.32 bits per heavy atom. The lowest BCUT2D eigenvalue weighted by Gasteiger charge is -2.14. The van der Waals surface area contributed by atoms with Crippen molar-refractivity contribution >= 4 is 23.7 Å². The Hall–Kier alpha value is -1.53. The van der Waals surface area contributed by atoms with Crippen LogP contribution < -0.4 is 5.32 Å². The highest BCUT2D eigenvalue weighted by atomic mass is 32.2. The molecule has 0 heterocycles. The predicted molar refractivity (Wildman–Crippen MR) is 74.7 cm³/mol. The molecule has 0 bridgehead atoms. The van der Waals surface area contributed by atoms with E-state index >= 15 is 0 Å². The van der Waals surface area contributed by atoms with Crippen LogP contribution in [-0.4, -0.2) is 40.2 Å². The number of aliphatic carboxylic acids is 1. The van der Waals surface area contributed by atoms with Crippen LogP contribution >= 0.6 is 11.8 Å². The molecule has 0 aliphatic heterocycles. The van der Waals surface area contributed by atoms with Gasteiger partial charge in [0, 0.05) is 6.54 Å². The first-order chi connectivity index (χ1) is 9.06. The van der Waals surface area contributed by atoms with Gasteiger partial charge < -0.3 is 15.5 Å². The molecule has 1 aromatic carbocycles. The van der Waals surface area contributed by atoms with E-state index in [1.807, 2.05) is 6.26 Å². The summed E-state index contributed by atoms with van der Waals surface area (Å²) < 4.78 is 0. The molecule has 0 saturated carbocycles. The van der Waals surface area contributed by atoms with Crippen LogP contribution in [0.2, 0.25) is 0 Å². The highest BCUT2D eigenvalue weighted by Crippen LogP contribution is 2.09. The molecule has 19 heavy (non-hydrogen) atoms. The molecule has 1 aromatic rings. The molecule has 0 saturated heterocycles. The first-order valence-corrected chi connectivity index (χ1v) is 7.22. The highest BCUT2D eigenvalue weighted by Gasteiger charge is 2.17. The van der Waals surface area contributed by atoms with Crippen LogP contribution in [0.4, 0.5) is 0 Å². The molecular formula is C13H17NO4S. The van der Waals surface area contributed by atoms with Gasteiger partial charge in [-0.15, -0.1) is 0 Å². The molecule has 1 atom stereocenters. The summed E-state index contributed by atoms with van der Waals surface area (Å²) in [6.07, 6.45) is 2.42. The largest absolute Gasteiger partial charge is 0.480 e. The van der Waals surface area contributed by atoms with Gasteiger partial charge in [-0.05, 0) is 30.1 Å². The smallest absolute Gasteiger partial charge is 0.336 e. The minimum absolute atomic E-state index is 0.198. The molecule has 3 N–H and O–H groups in total. The summed E-state index contributed by atoms with van der Waals surface area (Å²) in [5.41, 5.74) is 0.786. The maximum atomic E-state index is 11.1. The second-order valence-electron chi connectivity index (χ2n) is 4.02. The first-order valence-electron chi connectivity index (χ1n) is 5.82. The molecule has 5 nitrogen and oxygen atoms in total. The Bertz CT molecular complexity index is 450. The zero-order valence-corrected chi connectivity index (χ0v) is 11.4. The van der Waals surface area contributed by atoms with E-state index < -0.39 is 18.0 Å². The first kappa shape index (κ1) is 15.5. The summed E-state index contributed by atoms with van der Waals surface area (Å²) in [6, 6.07) is 5.92. The lowest BCUT2D eigenvalue weighted by atomic mass is 10.1. The monoisotopic (exact) mass is 283 g/mol. The average Bonchev–Trinajstić information content (AvgIpc) is 2.38. The van der Waals surface area contributed by atoms with Crippen molar-refractivity contribution in [2.45, 2.75) is 19.0 Å². The number of benzene rings is 1. The summed E-state index contributed by atoms with van der Waals surface area (Å²) in [6.45, 7) is 0.230. The van der Waals surface area contributed by atoms with Crippen molar-refractivity contribution in [3.8, 4) is 0 Å². The molecule has 1 rings (SSSR count). The highest BCUT2D eigenvalue weighted by molar-refractivity contribution is 7.98. The number of hydrogen-bond donors (Lipinski definition) is 3. The van der Waals surface area contributed by atoms with Crippen LogP contribution in [0.3, 0.4) is 0 Å². The number of aromatic carboxylic acids is 1. The van der Waals surface area contributed by atoms with E-state index in [2.05, 4.69) is 5.32 Å². The fourth-order valence-corrected chi connectivity index (χ4v) is 2.14. The van der Waals surface area contributed by atoms with Gasteiger partial charge in [-0.1, -0.05) is 18.2 Å². The number of hydrogen-bond acceptors (Lipinski definition) is 4. The number of carboxylic acids is 2. The zero-order valence-electron chi connectivity index (χ0n) is 10.6. The van der Waals surface area contributed by atoms with Gasteiger partial charge in [0.2, 0.25) is 0 Å². The van der Waals surface area contributed by atoms with Gasteiger partial charge in [-0.25, -0.2) is 4.79 Å². The predicted octanol–water partition coefficient (Wildman–Crippen LogP) is 1.68. The van der Waals surface area contributed by atoms with E-state index in [0.717, 1.165) is 5.75 Å². The second-order valence-corrected chi connectivity index (χ2v) is 5.00. The third-order valence-electron chi connectivity index (χ3n) is 2.70. The molecule has 0 spiro atoms. The van der Waals surface area contributed by atoms with Gasteiger partial charge in [0.15, 0.2) is 0 Å². The Kier molecular flexibility index (Phi) is 6.38. The average molecular weight is 283 g/mol. The summed E-state index contributed by atoms with van der Waals surface area (Å²) in [7, 11) is 0. The van der Waals surface area contributed by atoms with Gasteiger partial charge in [0.05, 0.1) is 5.56 Å². The van der Waals surface area contributed by atoms with Crippen LogP contribution in [0.15, 0.2) is 24.3 Å². The summed E-state index contributed by atoms with van der Waals surface area (Å²) in [5.74, 6) is -1.18. The standard InChI is InChI=1S/C13H17NO4S/c1-19-7-6-11(13(17)18)14-8-9-4-2-3-5-10(9)12(15)16/h2-5,11,14H,6-8H2,1H3,(H,15,16)(H,17,18)/t11-/m0/s1. The van der Waals surface area contributed by atoms with Crippen molar-refractivity contribution in [2.24, 2.45) is 0 Å². The van der Waals surface area contributed by atoms with Gasteiger partial charge >= 0.3 is 11.9 Å². The molecule has 0 aromatic heterocycles. The fourth-order valence-electron chi connectivity index (χ4n) is 1.66. The lowest BCUT2D eigenvalue weighted by molar-refractivity contribution is -0.139. The fraction of sp³-hybridized carbons (Fsp3) is 0.385. The van der Waals surface area contributed by atoms with E-state index in [9.17, 15) is 9.59 Å². The number of carboxylic acid groups (broad SMARTS) is 2. The Balaban J connectivity index is 2.68. The van der Waals surface area contributed by atoms with Crippen molar-refractivity contribution < 1.29 is 19.8 Å². The molecule has 6 heteroatoms. The number of carbonyl (C=O) groups is 2. The molecule has 104 valence electrons. The number of rotatable bonds is 8. The zero-order chi connectivity index (χ0) is 14.3. The SMILES string of the molecule is CSCC[C@H](NCc1ccccc1C(=O)O)C(=O)O. The summed E-state index contributed by atoms with van der Waals surface area (Å²) in [5, 5.41) is 21.0. The van der Waals surface area contributed by atoms with Crippen molar-refractivity contribution in [3.63, 3.8) is 0 Å². The van der Waals surface area contributed by atoms with Gasteiger partial charge in [-0.3, -0.25) is 4.79 Å². The van der Waals surface area contributed by atoms with Crippen LogP contribution in [-0.2, 0) is 11.3 Å². The van der Waals surface area contributed by atoms with E-state index in [1.54, 1.807) is 30.0 Å². The molecule has 0 unspecified atom stereocenters. The van der Waals surface area contributed by atoms with Crippen LogP contribution in [0.5, 0.6) is 0 Å². The molecule has 0 radical (unpaired) electrons. The van der Waals surface area contributed by atoms with Crippen LogP contribution in [0.25, 0.3) is 0 Å². The Morgan fingerprint density at radius 3 is 2.58 bits per heavy atom. The Morgan fingerprint density at radius 2 is 2.00 bits per heavy atom. The van der Waals surface area contributed by atoms with Crippen LogP contribution in [0, 0.1) is 0 Å². The molecular weight excluding hydrogens is 266 g/mol. The quantitative estimate of drug-likeness (QED) is 0.673. The van der Waals surface area contributed by atoms with Crippen molar-refractivity contribution in [2.75, 3.05) is 12.0 Å². The lowest BCUT2D eigenvalue weighted by Crippen LogP contribution is -2.37.